The van der Waals surface area contributed by atoms with Crippen molar-refractivity contribution < 1.29 is 9.53 Å². The first-order chi connectivity index (χ1) is 15.1. The standard InChI is InChI=1S/C25H21BrN2O2S/c1-30-22-13-9-19(10-14-22)23-17-31-25(27-23)28(16-15-18-5-3-2-4-6-18)24(29)20-7-11-21(26)12-8-20/h2-14,17H,15-16H2,1H3. The van der Waals surface area contributed by atoms with E-state index >= 15 is 0 Å². The van der Waals surface area contributed by atoms with Crippen molar-refractivity contribution in [1.29, 1.82) is 0 Å². The third-order valence-corrected chi connectivity index (χ3v) is 6.30. The normalized spacial score (nSPS) is 10.6. The van der Waals surface area contributed by atoms with Crippen LogP contribution in [0.15, 0.2) is 88.7 Å². The molecule has 0 aliphatic heterocycles. The largest absolute Gasteiger partial charge is 0.497 e. The first-order valence-electron chi connectivity index (χ1n) is 9.85. The summed E-state index contributed by atoms with van der Waals surface area (Å²) in [5, 5.41) is 2.68. The van der Waals surface area contributed by atoms with Crippen molar-refractivity contribution in [2.24, 2.45) is 0 Å². The van der Waals surface area contributed by atoms with Crippen molar-refractivity contribution in [1.82, 2.24) is 4.98 Å². The van der Waals surface area contributed by atoms with E-state index in [-0.39, 0.29) is 5.91 Å². The lowest BCUT2D eigenvalue weighted by Crippen LogP contribution is -2.32. The molecule has 1 aromatic heterocycles. The number of anilines is 1. The summed E-state index contributed by atoms with van der Waals surface area (Å²) in [7, 11) is 1.65. The molecule has 4 rings (SSSR count). The zero-order valence-corrected chi connectivity index (χ0v) is 19.4. The Balaban J connectivity index is 1.62. The molecule has 0 atom stereocenters. The Morgan fingerprint density at radius 1 is 1.00 bits per heavy atom. The van der Waals surface area contributed by atoms with E-state index < -0.39 is 0 Å². The van der Waals surface area contributed by atoms with Crippen LogP contribution in [0.25, 0.3) is 11.3 Å². The van der Waals surface area contributed by atoms with Crippen molar-refractivity contribution in [3.63, 3.8) is 0 Å². The Labute approximate surface area is 194 Å². The van der Waals surface area contributed by atoms with Crippen LogP contribution in [-0.2, 0) is 6.42 Å². The molecule has 0 unspecified atom stereocenters. The molecular formula is C25H21BrN2O2S. The molecule has 0 aliphatic rings. The average Bonchev–Trinajstić information content (AvgIpc) is 3.30. The van der Waals surface area contributed by atoms with E-state index in [1.165, 1.54) is 16.9 Å². The molecule has 0 saturated carbocycles. The van der Waals surface area contributed by atoms with Crippen LogP contribution in [0.5, 0.6) is 5.75 Å². The van der Waals surface area contributed by atoms with Gasteiger partial charge in [-0.3, -0.25) is 9.69 Å². The van der Waals surface area contributed by atoms with E-state index in [2.05, 4.69) is 28.1 Å². The topological polar surface area (TPSA) is 42.4 Å². The third-order valence-electron chi connectivity index (χ3n) is 4.91. The van der Waals surface area contributed by atoms with Crippen LogP contribution in [0.3, 0.4) is 0 Å². The molecule has 0 N–H and O–H groups in total. The molecule has 0 saturated heterocycles. The molecular weight excluding hydrogens is 472 g/mol. The number of methoxy groups -OCH3 is 1. The number of benzene rings is 3. The highest BCUT2D eigenvalue weighted by molar-refractivity contribution is 9.10. The summed E-state index contributed by atoms with van der Waals surface area (Å²) in [6.45, 7) is 0.550. The smallest absolute Gasteiger partial charge is 0.260 e. The zero-order chi connectivity index (χ0) is 21.6. The number of hydrogen-bond acceptors (Lipinski definition) is 4. The van der Waals surface area contributed by atoms with Gasteiger partial charge in [-0.2, -0.15) is 0 Å². The van der Waals surface area contributed by atoms with E-state index in [0.717, 1.165) is 27.9 Å². The van der Waals surface area contributed by atoms with Gasteiger partial charge in [-0.1, -0.05) is 46.3 Å². The first kappa shape index (κ1) is 21.3. The van der Waals surface area contributed by atoms with Crippen LogP contribution in [0.4, 0.5) is 5.13 Å². The van der Waals surface area contributed by atoms with Gasteiger partial charge in [0.15, 0.2) is 5.13 Å². The molecule has 31 heavy (non-hydrogen) atoms. The van der Waals surface area contributed by atoms with Crippen molar-refractivity contribution >= 4 is 38.3 Å². The van der Waals surface area contributed by atoms with E-state index in [0.29, 0.717) is 17.2 Å². The number of thiazole rings is 1. The van der Waals surface area contributed by atoms with Crippen LogP contribution in [0, 0.1) is 0 Å². The van der Waals surface area contributed by atoms with Crippen molar-refractivity contribution in [3.05, 3.63) is 99.8 Å². The molecule has 4 aromatic rings. The number of carbonyl (C=O) groups excluding carboxylic acids is 1. The van der Waals surface area contributed by atoms with Crippen molar-refractivity contribution in [2.75, 3.05) is 18.6 Å². The maximum absolute atomic E-state index is 13.4. The van der Waals surface area contributed by atoms with Gasteiger partial charge in [-0.15, -0.1) is 11.3 Å². The second-order valence-corrected chi connectivity index (χ2v) is 8.70. The Morgan fingerprint density at radius 2 is 1.71 bits per heavy atom. The van der Waals surface area contributed by atoms with Gasteiger partial charge in [0, 0.05) is 27.5 Å². The number of amides is 1. The molecule has 4 nitrogen and oxygen atoms in total. The summed E-state index contributed by atoms with van der Waals surface area (Å²) in [4.78, 5) is 19.9. The minimum Gasteiger partial charge on any atom is -0.497 e. The molecule has 0 fully saturated rings. The molecule has 1 amide bonds. The minimum absolute atomic E-state index is 0.0564. The number of ether oxygens (including phenoxy) is 1. The van der Waals surface area contributed by atoms with Gasteiger partial charge in [0.2, 0.25) is 0 Å². The number of halogens is 1. The van der Waals surface area contributed by atoms with E-state index in [1.807, 2.05) is 72.1 Å². The fraction of sp³-hybridized carbons (Fsp3) is 0.120. The fourth-order valence-corrected chi connectivity index (χ4v) is 4.32. The monoisotopic (exact) mass is 492 g/mol. The number of carbonyl (C=O) groups is 1. The summed E-state index contributed by atoms with van der Waals surface area (Å²) in [5.74, 6) is 0.744. The van der Waals surface area contributed by atoms with E-state index in [9.17, 15) is 4.79 Å². The summed E-state index contributed by atoms with van der Waals surface area (Å²) in [6.07, 6.45) is 0.751. The summed E-state index contributed by atoms with van der Waals surface area (Å²) < 4.78 is 6.18. The van der Waals surface area contributed by atoms with Gasteiger partial charge in [0.1, 0.15) is 5.75 Å². The fourth-order valence-electron chi connectivity index (χ4n) is 3.20. The number of nitrogens with zero attached hydrogens (tertiary/aromatic N) is 2. The Morgan fingerprint density at radius 3 is 2.39 bits per heavy atom. The third kappa shape index (κ3) is 5.21. The molecule has 0 radical (unpaired) electrons. The van der Waals surface area contributed by atoms with Gasteiger partial charge >= 0.3 is 0 Å². The highest BCUT2D eigenvalue weighted by Crippen LogP contribution is 2.30. The van der Waals surface area contributed by atoms with Gasteiger partial charge in [0.25, 0.3) is 5.91 Å². The number of hydrogen-bond donors (Lipinski definition) is 0. The van der Waals surface area contributed by atoms with Gasteiger partial charge < -0.3 is 4.74 Å². The Bertz CT molecular complexity index is 1140. The van der Waals surface area contributed by atoms with Crippen LogP contribution >= 0.6 is 27.3 Å². The molecule has 1 heterocycles. The lowest BCUT2D eigenvalue weighted by molar-refractivity contribution is 0.0987. The van der Waals surface area contributed by atoms with E-state index in [1.54, 1.807) is 12.0 Å². The highest BCUT2D eigenvalue weighted by atomic mass is 79.9. The van der Waals surface area contributed by atoms with Crippen LogP contribution in [0.2, 0.25) is 0 Å². The predicted octanol–water partition coefficient (Wildman–Crippen LogP) is 6.47. The average molecular weight is 493 g/mol. The second kappa shape index (κ2) is 9.90. The molecule has 6 heteroatoms. The summed E-state index contributed by atoms with van der Waals surface area (Å²) in [6, 6.07) is 25.4. The molecule has 156 valence electrons. The quantitative estimate of drug-likeness (QED) is 0.296. The highest BCUT2D eigenvalue weighted by Gasteiger charge is 2.21. The van der Waals surface area contributed by atoms with Crippen LogP contribution in [-0.4, -0.2) is 24.5 Å². The molecule has 0 aliphatic carbocycles. The lowest BCUT2D eigenvalue weighted by atomic mass is 10.1. The maximum Gasteiger partial charge on any atom is 0.260 e. The first-order valence-corrected chi connectivity index (χ1v) is 11.5. The Hall–Kier alpha value is -2.96. The Kier molecular flexibility index (Phi) is 6.79. The van der Waals surface area contributed by atoms with Crippen molar-refractivity contribution in [3.8, 4) is 17.0 Å². The van der Waals surface area contributed by atoms with Gasteiger partial charge in [-0.25, -0.2) is 4.98 Å². The lowest BCUT2D eigenvalue weighted by Gasteiger charge is -2.20. The van der Waals surface area contributed by atoms with Crippen LogP contribution in [0.1, 0.15) is 15.9 Å². The molecule has 3 aromatic carbocycles. The maximum atomic E-state index is 13.4. The predicted molar refractivity (Wildman–Crippen MR) is 130 cm³/mol. The van der Waals surface area contributed by atoms with Gasteiger partial charge in [-0.05, 0) is 60.5 Å². The van der Waals surface area contributed by atoms with Crippen molar-refractivity contribution in [2.45, 2.75) is 6.42 Å². The van der Waals surface area contributed by atoms with Crippen LogP contribution < -0.4 is 9.64 Å². The van der Waals surface area contributed by atoms with Gasteiger partial charge in [0.05, 0.1) is 12.8 Å². The molecule has 0 bridgehead atoms. The zero-order valence-electron chi connectivity index (χ0n) is 17.0. The SMILES string of the molecule is COc1ccc(-c2csc(N(CCc3ccccc3)C(=O)c3ccc(Br)cc3)n2)cc1. The molecule has 0 spiro atoms. The number of rotatable bonds is 7. The number of aromatic nitrogens is 1. The second-order valence-electron chi connectivity index (χ2n) is 6.94. The summed E-state index contributed by atoms with van der Waals surface area (Å²) in [5.41, 5.74) is 3.65. The minimum atomic E-state index is -0.0564. The van der Waals surface area contributed by atoms with E-state index in [4.69, 9.17) is 9.72 Å². The summed E-state index contributed by atoms with van der Waals surface area (Å²) >= 11 is 4.91.